The highest BCUT2D eigenvalue weighted by Crippen LogP contribution is 2.12. The number of nitrogens with zero attached hydrogens (tertiary/aromatic N) is 2. The Labute approximate surface area is 88.9 Å². The van der Waals surface area contributed by atoms with Crippen LogP contribution in [0.2, 0.25) is 0 Å². The molecule has 1 saturated heterocycles. The van der Waals surface area contributed by atoms with Crippen molar-refractivity contribution >= 4 is 0 Å². The van der Waals surface area contributed by atoms with Crippen LogP contribution in [0.25, 0.3) is 0 Å². The number of hydrogen-bond donors (Lipinski definition) is 1. The lowest BCUT2D eigenvalue weighted by atomic mass is 10.2. The molecule has 1 aromatic rings. The van der Waals surface area contributed by atoms with Gasteiger partial charge in [-0.1, -0.05) is 0 Å². The minimum Gasteiger partial charge on any atom is -0.490 e. The second kappa shape index (κ2) is 4.76. The molecule has 1 atom stereocenters. The molecule has 1 fully saturated rings. The molecule has 4 nitrogen and oxygen atoms in total. The predicted molar refractivity (Wildman–Crippen MR) is 55.5 cm³/mol. The van der Waals surface area contributed by atoms with E-state index in [9.17, 15) is 0 Å². The van der Waals surface area contributed by atoms with Crippen LogP contribution in [0.1, 0.15) is 18.4 Å². The van der Waals surface area contributed by atoms with Crippen LogP contribution in [0.4, 0.5) is 0 Å². The zero-order chi connectivity index (χ0) is 10.5. The van der Waals surface area contributed by atoms with E-state index < -0.39 is 0 Å². The third-order valence-electron chi connectivity index (χ3n) is 2.46. The van der Waals surface area contributed by atoms with Crippen molar-refractivity contribution in [2.24, 2.45) is 0 Å². The van der Waals surface area contributed by atoms with Gasteiger partial charge in [0, 0.05) is 18.3 Å². The van der Waals surface area contributed by atoms with Crippen molar-refractivity contribution in [1.82, 2.24) is 10.3 Å². The first-order chi connectivity index (χ1) is 7.38. The van der Waals surface area contributed by atoms with Crippen LogP contribution in [0.5, 0.6) is 5.75 Å². The van der Waals surface area contributed by atoms with Crippen LogP contribution in [0, 0.1) is 11.3 Å². The minimum atomic E-state index is 0.441. The van der Waals surface area contributed by atoms with Crippen molar-refractivity contribution in [1.29, 1.82) is 5.26 Å². The Morgan fingerprint density at radius 2 is 2.53 bits per heavy atom. The molecule has 1 unspecified atom stereocenters. The highest BCUT2D eigenvalue weighted by molar-refractivity contribution is 5.32. The average molecular weight is 203 g/mol. The monoisotopic (exact) mass is 203 g/mol. The van der Waals surface area contributed by atoms with Crippen LogP contribution in [0.3, 0.4) is 0 Å². The van der Waals surface area contributed by atoms with Gasteiger partial charge in [0.1, 0.15) is 18.4 Å². The number of hydrogen-bond acceptors (Lipinski definition) is 4. The van der Waals surface area contributed by atoms with Gasteiger partial charge in [0.25, 0.3) is 0 Å². The molecule has 0 amide bonds. The fourth-order valence-electron chi connectivity index (χ4n) is 1.65. The minimum absolute atomic E-state index is 0.441. The van der Waals surface area contributed by atoms with E-state index in [-0.39, 0.29) is 0 Å². The van der Waals surface area contributed by atoms with E-state index in [0.717, 1.165) is 13.0 Å². The van der Waals surface area contributed by atoms with Gasteiger partial charge < -0.3 is 10.1 Å². The van der Waals surface area contributed by atoms with Gasteiger partial charge in [0.15, 0.2) is 0 Å². The number of ether oxygens (including phenoxy) is 1. The summed E-state index contributed by atoms with van der Waals surface area (Å²) in [6.45, 7) is 1.72. The highest BCUT2D eigenvalue weighted by Gasteiger charge is 2.14. The third kappa shape index (κ3) is 2.67. The smallest absolute Gasteiger partial charge is 0.138 e. The first-order valence-corrected chi connectivity index (χ1v) is 5.10. The maximum Gasteiger partial charge on any atom is 0.138 e. The predicted octanol–water partition coefficient (Wildman–Crippen LogP) is 1.08. The number of nitriles is 1. The van der Waals surface area contributed by atoms with Crippen molar-refractivity contribution in [3.05, 3.63) is 24.0 Å². The quantitative estimate of drug-likeness (QED) is 0.798. The zero-order valence-electron chi connectivity index (χ0n) is 8.44. The molecule has 1 aliphatic heterocycles. The topological polar surface area (TPSA) is 57.9 Å². The average Bonchev–Trinajstić information content (AvgIpc) is 2.79. The Hall–Kier alpha value is -1.60. The SMILES string of the molecule is N#Cc1cncc(OCC2CCCN2)c1. The summed E-state index contributed by atoms with van der Waals surface area (Å²) in [6.07, 6.45) is 5.53. The van der Waals surface area contributed by atoms with E-state index in [2.05, 4.69) is 10.3 Å². The highest BCUT2D eigenvalue weighted by atomic mass is 16.5. The molecule has 1 N–H and O–H groups in total. The lowest BCUT2D eigenvalue weighted by molar-refractivity contribution is 0.276. The van der Waals surface area contributed by atoms with Crippen molar-refractivity contribution < 1.29 is 4.74 Å². The molecule has 2 heterocycles. The van der Waals surface area contributed by atoms with Gasteiger partial charge in [-0.2, -0.15) is 5.26 Å². The summed E-state index contributed by atoms with van der Waals surface area (Å²) in [5.74, 6) is 0.669. The van der Waals surface area contributed by atoms with Crippen LogP contribution in [-0.4, -0.2) is 24.2 Å². The summed E-state index contributed by atoms with van der Waals surface area (Å²) in [5.41, 5.74) is 0.534. The lowest BCUT2D eigenvalue weighted by Crippen LogP contribution is -2.28. The molecule has 0 radical (unpaired) electrons. The summed E-state index contributed by atoms with van der Waals surface area (Å²) in [4.78, 5) is 3.93. The second-order valence-electron chi connectivity index (χ2n) is 3.63. The van der Waals surface area contributed by atoms with Crippen LogP contribution in [0.15, 0.2) is 18.5 Å². The van der Waals surface area contributed by atoms with Gasteiger partial charge in [-0.15, -0.1) is 0 Å². The van der Waals surface area contributed by atoms with Crippen molar-refractivity contribution in [2.45, 2.75) is 18.9 Å². The summed E-state index contributed by atoms with van der Waals surface area (Å²) >= 11 is 0. The van der Waals surface area contributed by atoms with Gasteiger partial charge in [0.2, 0.25) is 0 Å². The summed E-state index contributed by atoms with van der Waals surface area (Å²) in [7, 11) is 0. The molecule has 0 saturated carbocycles. The van der Waals surface area contributed by atoms with Gasteiger partial charge in [-0.3, -0.25) is 4.98 Å². The number of nitrogens with one attached hydrogen (secondary N) is 1. The largest absolute Gasteiger partial charge is 0.490 e. The molecule has 0 aliphatic carbocycles. The van der Waals surface area contributed by atoms with E-state index in [1.165, 1.54) is 12.6 Å². The fourth-order valence-corrected chi connectivity index (χ4v) is 1.65. The Kier molecular flexibility index (Phi) is 3.15. The van der Waals surface area contributed by atoms with E-state index in [1.807, 2.05) is 6.07 Å². The first kappa shape index (κ1) is 9.94. The third-order valence-corrected chi connectivity index (χ3v) is 2.46. The molecule has 1 aliphatic rings. The van der Waals surface area contributed by atoms with E-state index in [1.54, 1.807) is 12.3 Å². The first-order valence-electron chi connectivity index (χ1n) is 5.10. The van der Waals surface area contributed by atoms with Gasteiger partial charge in [0.05, 0.1) is 11.8 Å². The molecule has 0 bridgehead atoms. The number of rotatable bonds is 3. The Balaban J connectivity index is 1.90. The van der Waals surface area contributed by atoms with Crippen LogP contribution in [-0.2, 0) is 0 Å². The molecular formula is C11H13N3O. The Morgan fingerprint density at radius 1 is 1.60 bits per heavy atom. The van der Waals surface area contributed by atoms with E-state index in [4.69, 9.17) is 10.00 Å². The van der Waals surface area contributed by atoms with Gasteiger partial charge >= 0.3 is 0 Å². The van der Waals surface area contributed by atoms with Gasteiger partial charge in [-0.05, 0) is 19.4 Å². The lowest BCUT2D eigenvalue weighted by Gasteiger charge is -2.11. The standard InChI is InChI=1S/C11H13N3O/c12-5-9-4-11(7-13-6-9)15-8-10-2-1-3-14-10/h4,6-7,10,14H,1-3,8H2. The fraction of sp³-hybridized carbons (Fsp3) is 0.455. The normalized spacial score (nSPS) is 19.8. The van der Waals surface area contributed by atoms with E-state index in [0.29, 0.717) is 24.0 Å². The molecule has 2 rings (SSSR count). The molecule has 0 spiro atoms. The molecule has 78 valence electrons. The van der Waals surface area contributed by atoms with Crippen LogP contribution >= 0.6 is 0 Å². The summed E-state index contributed by atoms with van der Waals surface area (Å²) in [5, 5.41) is 12.0. The Morgan fingerprint density at radius 3 is 3.27 bits per heavy atom. The number of aromatic nitrogens is 1. The Bertz CT molecular complexity index is 366. The summed E-state index contributed by atoms with van der Waals surface area (Å²) in [6, 6.07) is 4.19. The molecule has 1 aromatic heterocycles. The molecular weight excluding hydrogens is 190 g/mol. The molecule has 4 heteroatoms. The van der Waals surface area contributed by atoms with Gasteiger partial charge in [-0.25, -0.2) is 0 Å². The van der Waals surface area contributed by atoms with Crippen LogP contribution < -0.4 is 10.1 Å². The van der Waals surface area contributed by atoms with Crippen molar-refractivity contribution in [3.8, 4) is 11.8 Å². The maximum atomic E-state index is 8.68. The van der Waals surface area contributed by atoms with Crippen molar-refractivity contribution in [2.75, 3.05) is 13.2 Å². The number of pyridine rings is 1. The second-order valence-corrected chi connectivity index (χ2v) is 3.63. The van der Waals surface area contributed by atoms with E-state index >= 15 is 0 Å². The zero-order valence-corrected chi connectivity index (χ0v) is 8.44. The summed E-state index contributed by atoms with van der Waals surface area (Å²) < 4.78 is 5.56. The van der Waals surface area contributed by atoms with Crippen molar-refractivity contribution in [3.63, 3.8) is 0 Å². The maximum absolute atomic E-state index is 8.68. The molecule has 0 aromatic carbocycles. The molecule has 15 heavy (non-hydrogen) atoms.